The summed E-state index contributed by atoms with van der Waals surface area (Å²) >= 11 is 0. The van der Waals surface area contributed by atoms with Crippen LogP contribution < -0.4 is 5.32 Å². The quantitative estimate of drug-likeness (QED) is 0.801. The van der Waals surface area contributed by atoms with Crippen molar-refractivity contribution in [1.29, 1.82) is 0 Å². The van der Waals surface area contributed by atoms with Gasteiger partial charge in [-0.05, 0) is 30.5 Å². The van der Waals surface area contributed by atoms with Gasteiger partial charge in [0.1, 0.15) is 0 Å². The Morgan fingerprint density at radius 3 is 2.19 bits per heavy atom. The second kappa shape index (κ2) is 7.24. The molecule has 2 aromatic rings. The van der Waals surface area contributed by atoms with Gasteiger partial charge in [0.25, 0.3) is 5.91 Å². The van der Waals surface area contributed by atoms with Crippen molar-refractivity contribution in [2.45, 2.75) is 12.8 Å². The average Bonchev–Trinajstić information content (AvgIpc) is 2.52. The number of amides is 1. The third kappa shape index (κ3) is 4.18. The van der Waals surface area contributed by atoms with Gasteiger partial charge >= 0.3 is 5.97 Å². The summed E-state index contributed by atoms with van der Waals surface area (Å²) in [4.78, 5) is 23.1. The zero-order valence-corrected chi connectivity index (χ0v) is 11.6. The van der Waals surface area contributed by atoms with Crippen molar-refractivity contribution >= 4 is 11.9 Å². The fraction of sp³-hybridized carbons (Fsp3) is 0.176. The van der Waals surface area contributed by atoms with E-state index in [1.807, 2.05) is 30.3 Å². The number of carboxylic acids is 1. The molecule has 4 heteroatoms. The molecular formula is C17H17NO3. The normalized spacial score (nSPS) is 10.1. The number of nitrogens with one attached hydrogen (secondary N) is 1. The van der Waals surface area contributed by atoms with Crippen LogP contribution in [0.15, 0.2) is 54.6 Å². The highest BCUT2D eigenvalue weighted by Gasteiger charge is 2.14. The first kappa shape index (κ1) is 14.8. The van der Waals surface area contributed by atoms with Crippen LogP contribution in [0.3, 0.4) is 0 Å². The van der Waals surface area contributed by atoms with E-state index in [1.54, 1.807) is 12.1 Å². The van der Waals surface area contributed by atoms with Crippen molar-refractivity contribution in [3.63, 3.8) is 0 Å². The number of hydrogen-bond donors (Lipinski definition) is 2. The van der Waals surface area contributed by atoms with E-state index in [4.69, 9.17) is 5.11 Å². The monoisotopic (exact) mass is 283 g/mol. The summed E-state index contributed by atoms with van der Waals surface area (Å²) in [5.41, 5.74) is 1.44. The van der Waals surface area contributed by atoms with Gasteiger partial charge in [0, 0.05) is 6.54 Å². The van der Waals surface area contributed by atoms with Crippen LogP contribution in [0.4, 0.5) is 0 Å². The van der Waals surface area contributed by atoms with Gasteiger partial charge < -0.3 is 10.4 Å². The number of rotatable bonds is 6. The van der Waals surface area contributed by atoms with Crippen molar-refractivity contribution < 1.29 is 14.7 Å². The van der Waals surface area contributed by atoms with Gasteiger partial charge in [0.2, 0.25) is 0 Å². The maximum atomic E-state index is 12.0. The fourth-order valence-corrected chi connectivity index (χ4v) is 2.10. The number of hydrogen-bond acceptors (Lipinski definition) is 2. The van der Waals surface area contributed by atoms with E-state index in [-0.39, 0.29) is 17.0 Å². The van der Waals surface area contributed by atoms with Crippen LogP contribution in [0.1, 0.15) is 32.7 Å². The molecular weight excluding hydrogens is 266 g/mol. The molecule has 0 atom stereocenters. The molecule has 0 unspecified atom stereocenters. The number of carbonyl (C=O) groups is 2. The summed E-state index contributed by atoms with van der Waals surface area (Å²) in [7, 11) is 0. The lowest BCUT2D eigenvalue weighted by Gasteiger charge is -2.07. The maximum Gasteiger partial charge on any atom is 0.336 e. The molecule has 2 aromatic carbocycles. The fourth-order valence-electron chi connectivity index (χ4n) is 2.10. The second-order valence-corrected chi connectivity index (χ2v) is 4.70. The van der Waals surface area contributed by atoms with Crippen LogP contribution in [-0.4, -0.2) is 23.5 Å². The van der Waals surface area contributed by atoms with E-state index in [0.29, 0.717) is 6.54 Å². The topological polar surface area (TPSA) is 66.4 Å². The molecule has 0 spiro atoms. The number of aromatic carboxylic acids is 1. The molecule has 0 aliphatic carbocycles. The van der Waals surface area contributed by atoms with E-state index in [1.165, 1.54) is 17.7 Å². The zero-order valence-electron chi connectivity index (χ0n) is 11.6. The van der Waals surface area contributed by atoms with E-state index < -0.39 is 5.97 Å². The average molecular weight is 283 g/mol. The smallest absolute Gasteiger partial charge is 0.336 e. The Labute approximate surface area is 123 Å². The van der Waals surface area contributed by atoms with E-state index in [2.05, 4.69) is 5.32 Å². The van der Waals surface area contributed by atoms with Crippen LogP contribution in [0, 0.1) is 0 Å². The summed E-state index contributed by atoms with van der Waals surface area (Å²) < 4.78 is 0. The first-order valence-corrected chi connectivity index (χ1v) is 6.83. The minimum absolute atomic E-state index is 0.0260. The van der Waals surface area contributed by atoms with Gasteiger partial charge in [-0.1, -0.05) is 42.5 Å². The van der Waals surface area contributed by atoms with Crippen molar-refractivity contribution in [1.82, 2.24) is 5.32 Å². The molecule has 21 heavy (non-hydrogen) atoms. The summed E-state index contributed by atoms with van der Waals surface area (Å²) in [6.45, 7) is 0.516. The van der Waals surface area contributed by atoms with Gasteiger partial charge in [-0.25, -0.2) is 4.79 Å². The highest BCUT2D eigenvalue weighted by Crippen LogP contribution is 2.08. The highest BCUT2D eigenvalue weighted by atomic mass is 16.4. The minimum atomic E-state index is -1.09. The van der Waals surface area contributed by atoms with E-state index in [0.717, 1.165) is 12.8 Å². The number of carboxylic acid groups (broad SMARTS) is 1. The molecule has 0 aliphatic heterocycles. The first-order valence-electron chi connectivity index (χ1n) is 6.83. The predicted molar refractivity (Wildman–Crippen MR) is 80.5 cm³/mol. The van der Waals surface area contributed by atoms with Gasteiger partial charge in [-0.2, -0.15) is 0 Å². The Bertz CT molecular complexity index is 623. The molecule has 4 nitrogen and oxygen atoms in total. The Hall–Kier alpha value is -2.62. The molecule has 0 bridgehead atoms. The molecule has 0 aromatic heterocycles. The Kier molecular flexibility index (Phi) is 5.10. The number of aryl methyl sites for hydroxylation is 1. The standard InChI is InChI=1S/C17H17NO3/c19-16(14-10-4-5-11-15(14)17(20)21)18-12-6-9-13-7-2-1-3-8-13/h1-5,7-8,10-11H,6,9,12H2,(H,18,19)(H,20,21). The summed E-state index contributed by atoms with van der Waals surface area (Å²) in [5.74, 6) is -1.44. The van der Waals surface area contributed by atoms with E-state index >= 15 is 0 Å². The predicted octanol–water partition coefficient (Wildman–Crippen LogP) is 2.75. The minimum Gasteiger partial charge on any atom is -0.478 e. The lowest BCUT2D eigenvalue weighted by Crippen LogP contribution is -2.26. The van der Waals surface area contributed by atoms with Crippen LogP contribution >= 0.6 is 0 Å². The molecule has 0 fully saturated rings. The maximum absolute atomic E-state index is 12.0. The van der Waals surface area contributed by atoms with Crippen molar-refractivity contribution in [2.24, 2.45) is 0 Å². The SMILES string of the molecule is O=C(O)c1ccccc1C(=O)NCCCc1ccccc1. The Balaban J connectivity index is 1.86. The van der Waals surface area contributed by atoms with Crippen molar-refractivity contribution in [3.05, 3.63) is 71.3 Å². The highest BCUT2D eigenvalue weighted by molar-refractivity contribution is 6.04. The Morgan fingerprint density at radius 2 is 1.52 bits per heavy atom. The number of carbonyl (C=O) groups excluding carboxylic acids is 1. The first-order chi connectivity index (χ1) is 10.2. The van der Waals surface area contributed by atoms with Crippen LogP contribution in [0.5, 0.6) is 0 Å². The third-order valence-electron chi connectivity index (χ3n) is 3.17. The molecule has 2 rings (SSSR count). The van der Waals surface area contributed by atoms with Gasteiger partial charge in [-0.3, -0.25) is 4.79 Å². The third-order valence-corrected chi connectivity index (χ3v) is 3.17. The number of benzene rings is 2. The molecule has 0 radical (unpaired) electrons. The van der Waals surface area contributed by atoms with Crippen molar-refractivity contribution in [2.75, 3.05) is 6.54 Å². The molecule has 0 saturated carbocycles. The summed E-state index contributed by atoms with van der Waals surface area (Å²) in [5, 5.41) is 11.8. The summed E-state index contributed by atoms with van der Waals surface area (Å²) in [6, 6.07) is 16.2. The molecule has 0 aliphatic rings. The van der Waals surface area contributed by atoms with Gasteiger partial charge in [0.15, 0.2) is 0 Å². The summed E-state index contributed by atoms with van der Waals surface area (Å²) in [6.07, 6.45) is 1.69. The largest absolute Gasteiger partial charge is 0.478 e. The molecule has 108 valence electrons. The molecule has 0 saturated heterocycles. The van der Waals surface area contributed by atoms with Crippen molar-refractivity contribution in [3.8, 4) is 0 Å². The Morgan fingerprint density at radius 1 is 0.905 bits per heavy atom. The molecule has 1 amide bonds. The van der Waals surface area contributed by atoms with Gasteiger partial charge in [-0.15, -0.1) is 0 Å². The van der Waals surface area contributed by atoms with Gasteiger partial charge in [0.05, 0.1) is 11.1 Å². The molecule has 2 N–H and O–H groups in total. The zero-order chi connectivity index (χ0) is 15.1. The van der Waals surface area contributed by atoms with Crippen LogP contribution in [0.25, 0.3) is 0 Å². The lowest BCUT2D eigenvalue weighted by atomic mass is 10.1. The van der Waals surface area contributed by atoms with Crippen LogP contribution in [-0.2, 0) is 6.42 Å². The lowest BCUT2D eigenvalue weighted by molar-refractivity contribution is 0.0691. The molecule has 0 heterocycles. The van der Waals surface area contributed by atoms with Crippen LogP contribution in [0.2, 0.25) is 0 Å². The van der Waals surface area contributed by atoms with E-state index in [9.17, 15) is 9.59 Å². The second-order valence-electron chi connectivity index (χ2n) is 4.70.